The lowest BCUT2D eigenvalue weighted by Gasteiger charge is -1.97. The van der Waals surface area contributed by atoms with Crippen LogP contribution in [0.5, 0.6) is 0 Å². The third-order valence-electron chi connectivity index (χ3n) is 2.80. The Morgan fingerprint density at radius 3 is 2.60 bits per heavy atom. The van der Waals surface area contributed by atoms with Crippen LogP contribution in [0.2, 0.25) is 5.02 Å². The summed E-state index contributed by atoms with van der Waals surface area (Å²) in [5.41, 5.74) is 1.93. The van der Waals surface area contributed by atoms with Crippen LogP contribution >= 0.6 is 11.6 Å². The van der Waals surface area contributed by atoms with E-state index < -0.39 is 0 Å². The highest BCUT2D eigenvalue weighted by Gasteiger charge is 2.12. The van der Waals surface area contributed by atoms with Gasteiger partial charge in [0.2, 0.25) is 11.8 Å². The monoisotopic (exact) mass is 284 g/mol. The van der Waals surface area contributed by atoms with E-state index in [1.807, 2.05) is 18.2 Å². The molecule has 0 unspecified atom stereocenters. The zero-order valence-corrected chi connectivity index (χ0v) is 11.0. The summed E-state index contributed by atoms with van der Waals surface area (Å²) in [6, 6.07) is 14.2. The number of halogens is 1. The largest absolute Gasteiger partial charge is 0.416 e. The Kier molecular flexibility index (Phi) is 3.31. The van der Waals surface area contributed by atoms with Gasteiger partial charge < -0.3 is 4.42 Å². The number of hydrogen-bond donors (Lipinski definition) is 0. The number of carbonyl (C=O) groups is 1. The summed E-state index contributed by atoms with van der Waals surface area (Å²) in [4.78, 5) is 10.8. The Hall–Kier alpha value is -2.46. The first kappa shape index (κ1) is 12.6. The summed E-state index contributed by atoms with van der Waals surface area (Å²) in [5, 5.41) is 8.52. The molecule has 0 spiro atoms. The lowest BCUT2D eigenvalue weighted by Crippen LogP contribution is -1.82. The van der Waals surface area contributed by atoms with Gasteiger partial charge in [-0.2, -0.15) is 0 Å². The first-order valence-corrected chi connectivity index (χ1v) is 6.30. The molecule has 0 amide bonds. The molecular formula is C15H9ClN2O2. The number of hydrogen-bond acceptors (Lipinski definition) is 4. The van der Waals surface area contributed by atoms with Crippen molar-refractivity contribution >= 4 is 17.9 Å². The standard InChI is InChI=1S/C15H9ClN2O2/c16-13-7-2-1-6-12(13)15-18-17-14(20-15)11-5-3-4-10(8-11)9-19/h1-9H. The molecule has 3 rings (SSSR count). The van der Waals surface area contributed by atoms with Gasteiger partial charge in [0.05, 0.1) is 10.6 Å². The molecule has 4 nitrogen and oxygen atoms in total. The van der Waals surface area contributed by atoms with Crippen molar-refractivity contribution in [3.63, 3.8) is 0 Å². The van der Waals surface area contributed by atoms with E-state index in [4.69, 9.17) is 16.0 Å². The second-order valence-electron chi connectivity index (χ2n) is 4.14. The molecule has 0 bridgehead atoms. The highest BCUT2D eigenvalue weighted by molar-refractivity contribution is 6.33. The van der Waals surface area contributed by atoms with Crippen LogP contribution in [0.25, 0.3) is 22.9 Å². The molecular weight excluding hydrogens is 276 g/mol. The highest BCUT2D eigenvalue weighted by atomic mass is 35.5. The van der Waals surface area contributed by atoms with Crippen molar-refractivity contribution in [2.45, 2.75) is 0 Å². The van der Waals surface area contributed by atoms with E-state index in [-0.39, 0.29) is 0 Å². The minimum atomic E-state index is 0.349. The van der Waals surface area contributed by atoms with Gasteiger partial charge in [-0.05, 0) is 24.3 Å². The average molecular weight is 285 g/mol. The average Bonchev–Trinajstić information content (AvgIpc) is 2.97. The van der Waals surface area contributed by atoms with Gasteiger partial charge in [0, 0.05) is 11.1 Å². The normalized spacial score (nSPS) is 10.4. The Labute approximate surface area is 120 Å². The first-order valence-electron chi connectivity index (χ1n) is 5.92. The van der Waals surface area contributed by atoms with Crippen LogP contribution in [-0.2, 0) is 0 Å². The molecule has 0 saturated heterocycles. The van der Waals surface area contributed by atoms with Gasteiger partial charge in [0.15, 0.2) is 0 Å². The molecule has 0 aliphatic carbocycles. The number of nitrogens with zero attached hydrogens (tertiary/aromatic N) is 2. The number of aldehydes is 1. The summed E-state index contributed by atoms with van der Waals surface area (Å²) in [6.45, 7) is 0. The molecule has 0 fully saturated rings. The van der Waals surface area contributed by atoms with E-state index >= 15 is 0 Å². The third-order valence-corrected chi connectivity index (χ3v) is 3.13. The lowest BCUT2D eigenvalue weighted by molar-refractivity contribution is 0.112. The van der Waals surface area contributed by atoms with Gasteiger partial charge in [0.1, 0.15) is 6.29 Å². The summed E-state index contributed by atoms with van der Waals surface area (Å²) >= 11 is 6.09. The van der Waals surface area contributed by atoms with Crippen LogP contribution in [0.4, 0.5) is 0 Å². The number of rotatable bonds is 3. The van der Waals surface area contributed by atoms with Crippen molar-refractivity contribution in [2.24, 2.45) is 0 Å². The zero-order chi connectivity index (χ0) is 13.9. The van der Waals surface area contributed by atoms with Crippen LogP contribution in [-0.4, -0.2) is 16.5 Å². The Morgan fingerprint density at radius 1 is 1.00 bits per heavy atom. The molecule has 0 N–H and O–H groups in total. The fourth-order valence-corrected chi connectivity index (χ4v) is 2.04. The second kappa shape index (κ2) is 5.27. The summed E-state index contributed by atoms with van der Waals surface area (Å²) in [6.07, 6.45) is 0.773. The summed E-state index contributed by atoms with van der Waals surface area (Å²) in [5.74, 6) is 0.700. The maximum Gasteiger partial charge on any atom is 0.249 e. The maximum atomic E-state index is 10.8. The van der Waals surface area contributed by atoms with Crippen molar-refractivity contribution in [2.75, 3.05) is 0 Å². The van der Waals surface area contributed by atoms with Gasteiger partial charge in [-0.3, -0.25) is 4.79 Å². The van der Waals surface area contributed by atoms with Crippen molar-refractivity contribution in [3.05, 3.63) is 59.1 Å². The quantitative estimate of drug-likeness (QED) is 0.685. The molecule has 0 radical (unpaired) electrons. The number of aromatic nitrogens is 2. The van der Waals surface area contributed by atoms with Gasteiger partial charge >= 0.3 is 0 Å². The van der Waals surface area contributed by atoms with Gasteiger partial charge in [-0.15, -0.1) is 10.2 Å². The number of carbonyl (C=O) groups excluding carboxylic acids is 1. The van der Waals surface area contributed by atoms with Gasteiger partial charge in [0.25, 0.3) is 0 Å². The van der Waals surface area contributed by atoms with E-state index in [0.29, 0.717) is 33.5 Å². The van der Waals surface area contributed by atoms with Crippen LogP contribution in [0.15, 0.2) is 52.9 Å². The molecule has 20 heavy (non-hydrogen) atoms. The van der Waals surface area contributed by atoms with Crippen molar-refractivity contribution < 1.29 is 9.21 Å². The topological polar surface area (TPSA) is 56.0 Å². The second-order valence-corrected chi connectivity index (χ2v) is 4.54. The van der Waals surface area contributed by atoms with Crippen LogP contribution in [0, 0.1) is 0 Å². The SMILES string of the molecule is O=Cc1cccc(-c2nnc(-c3ccccc3Cl)o2)c1. The lowest BCUT2D eigenvalue weighted by atomic mass is 10.1. The molecule has 5 heteroatoms. The minimum Gasteiger partial charge on any atom is -0.416 e. The van der Waals surface area contributed by atoms with E-state index in [2.05, 4.69) is 10.2 Å². The fraction of sp³-hybridized carbons (Fsp3) is 0. The van der Waals surface area contributed by atoms with Crippen molar-refractivity contribution in [1.82, 2.24) is 10.2 Å². The number of benzene rings is 2. The first-order chi connectivity index (χ1) is 9.78. The summed E-state index contributed by atoms with van der Waals surface area (Å²) in [7, 11) is 0. The fourth-order valence-electron chi connectivity index (χ4n) is 1.83. The zero-order valence-electron chi connectivity index (χ0n) is 10.3. The molecule has 0 aliphatic rings. The van der Waals surface area contributed by atoms with Crippen molar-refractivity contribution in [3.8, 4) is 22.9 Å². The smallest absolute Gasteiger partial charge is 0.249 e. The molecule has 98 valence electrons. The van der Waals surface area contributed by atoms with Gasteiger partial charge in [-0.1, -0.05) is 35.9 Å². The van der Waals surface area contributed by atoms with E-state index in [9.17, 15) is 4.79 Å². The Morgan fingerprint density at radius 2 is 1.80 bits per heavy atom. The highest BCUT2D eigenvalue weighted by Crippen LogP contribution is 2.29. The molecule has 1 aromatic heterocycles. The Bertz CT molecular complexity index is 768. The molecule has 1 heterocycles. The molecule has 0 aliphatic heterocycles. The van der Waals surface area contributed by atoms with Crippen LogP contribution < -0.4 is 0 Å². The summed E-state index contributed by atoms with van der Waals surface area (Å²) < 4.78 is 5.61. The van der Waals surface area contributed by atoms with Crippen molar-refractivity contribution in [1.29, 1.82) is 0 Å². The predicted molar refractivity (Wildman–Crippen MR) is 75.6 cm³/mol. The molecule has 0 atom stereocenters. The van der Waals surface area contributed by atoms with Crippen LogP contribution in [0.3, 0.4) is 0 Å². The third kappa shape index (κ3) is 2.33. The van der Waals surface area contributed by atoms with Crippen LogP contribution in [0.1, 0.15) is 10.4 Å². The molecule has 0 saturated carbocycles. The molecule has 2 aromatic carbocycles. The van der Waals surface area contributed by atoms with Gasteiger partial charge in [-0.25, -0.2) is 0 Å². The minimum absolute atomic E-state index is 0.349. The maximum absolute atomic E-state index is 10.8. The van der Waals surface area contributed by atoms with E-state index in [0.717, 1.165) is 6.29 Å². The Balaban J connectivity index is 2.02. The molecule has 3 aromatic rings. The predicted octanol–water partition coefficient (Wildman–Crippen LogP) is 3.87. The van der Waals surface area contributed by atoms with E-state index in [1.54, 1.807) is 30.3 Å². The van der Waals surface area contributed by atoms with E-state index in [1.165, 1.54) is 0 Å².